The first-order valence-corrected chi connectivity index (χ1v) is 7.60. The van der Waals surface area contributed by atoms with Gasteiger partial charge in [0, 0.05) is 19.3 Å². The van der Waals surface area contributed by atoms with Gasteiger partial charge in [-0.15, -0.1) is 10.2 Å². The van der Waals surface area contributed by atoms with Gasteiger partial charge in [-0.2, -0.15) is 0 Å². The van der Waals surface area contributed by atoms with Crippen molar-refractivity contribution < 1.29 is 9.90 Å². The monoisotopic (exact) mass is 306 g/mol. The summed E-state index contributed by atoms with van der Waals surface area (Å²) < 4.78 is 1.92. The van der Waals surface area contributed by atoms with Gasteiger partial charge in [-0.25, -0.2) is 0 Å². The van der Waals surface area contributed by atoms with E-state index in [1.807, 2.05) is 54.6 Å². The van der Waals surface area contributed by atoms with Gasteiger partial charge in [0.05, 0.1) is 5.75 Å². The fraction of sp³-hybridized carbons (Fsp3) is 0.357. The number of nitrogens with zero attached hydrogens (tertiary/aromatic N) is 4. The van der Waals surface area contributed by atoms with Crippen molar-refractivity contribution in [2.45, 2.75) is 25.5 Å². The zero-order valence-corrected chi connectivity index (χ0v) is 13.1. The molecule has 0 aliphatic rings. The van der Waals surface area contributed by atoms with Crippen molar-refractivity contribution in [2.75, 3.05) is 17.7 Å². The normalized spacial score (nSPS) is 10.6. The van der Waals surface area contributed by atoms with Crippen LogP contribution in [0.5, 0.6) is 0 Å². The highest BCUT2D eigenvalue weighted by Crippen LogP contribution is 2.28. The summed E-state index contributed by atoms with van der Waals surface area (Å²) in [5, 5.41) is 17.7. The average Bonchev–Trinajstić information content (AvgIpc) is 2.87. The van der Waals surface area contributed by atoms with Crippen LogP contribution in [0.1, 0.15) is 12.5 Å². The first-order valence-electron chi connectivity index (χ1n) is 6.61. The number of rotatable bonds is 6. The van der Waals surface area contributed by atoms with Crippen molar-refractivity contribution in [1.29, 1.82) is 0 Å². The predicted octanol–water partition coefficient (Wildman–Crippen LogP) is 2.55. The summed E-state index contributed by atoms with van der Waals surface area (Å²) in [7, 11) is 1.93. The van der Waals surface area contributed by atoms with Gasteiger partial charge in [0.15, 0.2) is 5.16 Å². The van der Waals surface area contributed by atoms with E-state index in [-0.39, 0.29) is 5.75 Å². The molecule has 0 aliphatic carbocycles. The van der Waals surface area contributed by atoms with E-state index in [2.05, 4.69) is 10.2 Å². The number of hydrogen-bond donors (Lipinski definition) is 1. The van der Waals surface area contributed by atoms with Crippen molar-refractivity contribution in [1.82, 2.24) is 14.8 Å². The number of hydrogen-bond acceptors (Lipinski definition) is 5. The standard InChI is InChI=1S/C14H18N4O2S/c1-4-18-13(15-16-14(18)21-9-12(19)20)17(3)11-8-6-5-7-10(11)2/h5-8H,4,9H2,1-3H3,(H,19,20). The van der Waals surface area contributed by atoms with Crippen LogP contribution < -0.4 is 4.90 Å². The highest BCUT2D eigenvalue weighted by molar-refractivity contribution is 7.99. The Bertz CT molecular complexity index is 642. The van der Waals surface area contributed by atoms with Crippen molar-refractivity contribution in [3.8, 4) is 0 Å². The summed E-state index contributed by atoms with van der Waals surface area (Å²) in [5.41, 5.74) is 2.19. The molecule has 0 atom stereocenters. The third kappa shape index (κ3) is 3.36. The molecule has 21 heavy (non-hydrogen) atoms. The first-order chi connectivity index (χ1) is 10.0. The Morgan fingerprint density at radius 2 is 2.10 bits per heavy atom. The SMILES string of the molecule is CCn1c(SCC(=O)O)nnc1N(C)c1ccccc1C. The molecule has 2 aromatic rings. The first kappa shape index (κ1) is 15.4. The molecular formula is C14H18N4O2S. The molecule has 1 aromatic carbocycles. The maximum atomic E-state index is 10.7. The summed E-state index contributed by atoms with van der Waals surface area (Å²) in [6.45, 7) is 4.71. The summed E-state index contributed by atoms with van der Waals surface area (Å²) in [5.74, 6) is -0.175. The van der Waals surface area contributed by atoms with E-state index in [9.17, 15) is 4.79 Å². The van der Waals surface area contributed by atoms with Gasteiger partial charge in [-0.1, -0.05) is 30.0 Å². The Hall–Kier alpha value is -2.02. The minimum absolute atomic E-state index is 0.0216. The molecule has 0 unspecified atom stereocenters. The number of aromatic nitrogens is 3. The van der Waals surface area contributed by atoms with Crippen LogP contribution in [0, 0.1) is 6.92 Å². The molecule has 0 fully saturated rings. The van der Waals surface area contributed by atoms with Gasteiger partial charge in [-0.3, -0.25) is 9.36 Å². The second-order valence-electron chi connectivity index (χ2n) is 4.55. The van der Waals surface area contributed by atoms with Crippen molar-refractivity contribution in [2.24, 2.45) is 0 Å². The van der Waals surface area contributed by atoms with Gasteiger partial charge < -0.3 is 10.0 Å². The predicted molar refractivity (Wildman–Crippen MR) is 83.3 cm³/mol. The Kier molecular flexibility index (Phi) is 4.85. The zero-order chi connectivity index (χ0) is 15.4. The van der Waals surface area contributed by atoms with Crippen LogP contribution in [-0.2, 0) is 11.3 Å². The minimum atomic E-state index is -0.862. The smallest absolute Gasteiger partial charge is 0.313 e. The average molecular weight is 306 g/mol. The zero-order valence-electron chi connectivity index (χ0n) is 12.3. The van der Waals surface area contributed by atoms with E-state index >= 15 is 0 Å². The second kappa shape index (κ2) is 6.62. The number of carboxylic acids is 1. The number of benzene rings is 1. The van der Waals surface area contributed by atoms with Crippen LogP contribution in [0.3, 0.4) is 0 Å². The minimum Gasteiger partial charge on any atom is -0.481 e. The number of para-hydroxylation sites is 1. The van der Waals surface area contributed by atoms with Gasteiger partial charge in [0.2, 0.25) is 5.95 Å². The molecular weight excluding hydrogens is 288 g/mol. The van der Waals surface area contributed by atoms with Crippen LogP contribution in [0.15, 0.2) is 29.4 Å². The number of thioether (sulfide) groups is 1. The molecule has 0 spiro atoms. The molecule has 0 radical (unpaired) electrons. The Labute approximate surface area is 127 Å². The molecule has 1 heterocycles. The summed E-state index contributed by atoms with van der Waals surface area (Å²) >= 11 is 1.18. The van der Waals surface area contributed by atoms with Crippen LogP contribution in [-0.4, -0.2) is 38.6 Å². The van der Waals surface area contributed by atoms with Crippen molar-refractivity contribution >= 4 is 29.4 Å². The maximum Gasteiger partial charge on any atom is 0.313 e. The molecule has 7 heteroatoms. The van der Waals surface area contributed by atoms with E-state index in [1.165, 1.54) is 11.8 Å². The third-order valence-electron chi connectivity index (χ3n) is 3.12. The largest absolute Gasteiger partial charge is 0.481 e. The topological polar surface area (TPSA) is 71.2 Å². The molecule has 0 bridgehead atoms. The molecule has 0 saturated carbocycles. The van der Waals surface area contributed by atoms with E-state index in [0.717, 1.165) is 11.3 Å². The quantitative estimate of drug-likeness (QED) is 0.827. The fourth-order valence-corrected chi connectivity index (χ4v) is 2.80. The number of aryl methyl sites for hydroxylation is 1. The number of carbonyl (C=O) groups is 1. The number of aliphatic carboxylic acids is 1. The van der Waals surface area contributed by atoms with Gasteiger partial charge in [-0.05, 0) is 25.5 Å². The van der Waals surface area contributed by atoms with E-state index in [0.29, 0.717) is 17.6 Å². The molecule has 112 valence electrons. The molecule has 1 N–H and O–H groups in total. The lowest BCUT2D eigenvalue weighted by atomic mass is 10.2. The van der Waals surface area contributed by atoms with E-state index in [1.54, 1.807) is 0 Å². The lowest BCUT2D eigenvalue weighted by Crippen LogP contribution is -2.16. The molecule has 0 saturated heterocycles. The third-order valence-corrected chi connectivity index (χ3v) is 4.07. The Morgan fingerprint density at radius 1 is 1.38 bits per heavy atom. The Morgan fingerprint density at radius 3 is 2.71 bits per heavy atom. The fourth-order valence-electron chi connectivity index (χ4n) is 2.09. The van der Waals surface area contributed by atoms with Crippen LogP contribution in [0.4, 0.5) is 11.6 Å². The lowest BCUT2D eigenvalue weighted by Gasteiger charge is -2.20. The Balaban J connectivity index is 2.31. The lowest BCUT2D eigenvalue weighted by molar-refractivity contribution is -0.133. The second-order valence-corrected chi connectivity index (χ2v) is 5.50. The molecule has 2 rings (SSSR count). The van der Waals surface area contributed by atoms with Crippen LogP contribution in [0.2, 0.25) is 0 Å². The molecule has 0 amide bonds. The molecule has 1 aromatic heterocycles. The molecule has 6 nitrogen and oxygen atoms in total. The van der Waals surface area contributed by atoms with Crippen LogP contribution >= 0.6 is 11.8 Å². The maximum absolute atomic E-state index is 10.7. The van der Waals surface area contributed by atoms with Crippen LogP contribution in [0.25, 0.3) is 0 Å². The highest BCUT2D eigenvalue weighted by Gasteiger charge is 2.17. The van der Waals surface area contributed by atoms with Crippen molar-refractivity contribution in [3.05, 3.63) is 29.8 Å². The van der Waals surface area contributed by atoms with Crippen molar-refractivity contribution in [3.63, 3.8) is 0 Å². The summed E-state index contributed by atoms with van der Waals surface area (Å²) in [6.07, 6.45) is 0. The van der Waals surface area contributed by atoms with Gasteiger partial charge in [0.25, 0.3) is 0 Å². The van der Waals surface area contributed by atoms with E-state index in [4.69, 9.17) is 5.11 Å². The highest BCUT2D eigenvalue weighted by atomic mass is 32.2. The number of carboxylic acid groups (broad SMARTS) is 1. The summed E-state index contributed by atoms with van der Waals surface area (Å²) in [4.78, 5) is 12.7. The van der Waals surface area contributed by atoms with Gasteiger partial charge >= 0.3 is 5.97 Å². The van der Waals surface area contributed by atoms with E-state index < -0.39 is 5.97 Å². The molecule has 0 aliphatic heterocycles. The summed E-state index contributed by atoms with van der Waals surface area (Å²) in [6, 6.07) is 8.03. The number of anilines is 2. The van der Waals surface area contributed by atoms with Gasteiger partial charge in [0.1, 0.15) is 0 Å².